The Bertz CT molecular complexity index is 862. The van der Waals surface area contributed by atoms with Crippen LogP contribution in [0.5, 0.6) is 23.0 Å². The van der Waals surface area contributed by atoms with Crippen LogP contribution in [0.3, 0.4) is 0 Å². The first-order chi connectivity index (χ1) is 12.0. The van der Waals surface area contributed by atoms with Crippen molar-refractivity contribution in [1.29, 1.82) is 0 Å². The molecule has 2 aromatic carbocycles. The minimum absolute atomic E-state index is 0.123. The summed E-state index contributed by atoms with van der Waals surface area (Å²) in [5.74, 6) is 1.37. The number of rotatable bonds is 2. The number of phenols is 2. The van der Waals surface area contributed by atoms with Crippen LogP contribution in [-0.2, 0) is 6.42 Å². The summed E-state index contributed by atoms with van der Waals surface area (Å²) in [6, 6.07) is 5.71. The summed E-state index contributed by atoms with van der Waals surface area (Å²) < 4.78 is 10.7. The summed E-state index contributed by atoms with van der Waals surface area (Å²) in [4.78, 5) is 2.33. The van der Waals surface area contributed by atoms with E-state index in [0.29, 0.717) is 11.5 Å². The van der Waals surface area contributed by atoms with Crippen molar-refractivity contribution in [3.05, 3.63) is 34.9 Å². The van der Waals surface area contributed by atoms with E-state index in [1.165, 1.54) is 18.2 Å². The lowest BCUT2D eigenvalue weighted by atomic mass is 9.71. The monoisotopic (exact) mass is 341 g/mol. The van der Waals surface area contributed by atoms with E-state index in [9.17, 15) is 10.2 Å². The molecule has 0 saturated heterocycles. The van der Waals surface area contributed by atoms with Crippen LogP contribution in [0.4, 0.5) is 0 Å². The average Bonchev–Trinajstić information content (AvgIpc) is 2.60. The number of benzene rings is 2. The Balaban J connectivity index is 2.10. The maximum Gasteiger partial charge on any atom is 0.166 e. The number of hydrogen-bond acceptors (Lipinski definition) is 5. The van der Waals surface area contributed by atoms with E-state index >= 15 is 0 Å². The van der Waals surface area contributed by atoms with Gasteiger partial charge in [0.2, 0.25) is 0 Å². The van der Waals surface area contributed by atoms with Crippen molar-refractivity contribution < 1.29 is 19.7 Å². The maximum atomic E-state index is 10.9. The molecule has 0 aromatic heterocycles. The quantitative estimate of drug-likeness (QED) is 0.876. The van der Waals surface area contributed by atoms with Crippen molar-refractivity contribution in [2.45, 2.75) is 25.3 Å². The van der Waals surface area contributed by atoms with Crippen molar-refractivity contribution >= 4 is 0 Å². The summed E-state index contributed by atoms with van der Waals surface area (Å²) in [6.45, 7) is 3.12. The summed E-state index contributed by atoms with van der Waals surface area (Å²) in [5.41, 5.74) is 5.11. The van der Waals surface area contributed by atoms with Crippen LogP contribution >= 0.6 is 0 Å². The molecule has 0 amide bonds. The van der Waals surface area contributed by atoms with Crippen LogP contribution in [-0.4, -0.2) is 42.9 Å². The van der Waals surface area contributed by atoms with E-state index in [0.717, 1.165) is 29.7 Å². The SMILES string of the molecule is COc1cc2c(cc1O)[C@H](C)C1c3c(cc(OC)c(O)c3-2)CCN1C. The van der Waals surface area contributed by atoms with Crippen molar-refractivity contribution in [2.75, 3.05) is 27.8 Å². The summed E-state index contributed by atoms with van der Waals surface area (Å²) in [7, 11) is 5.22. The molecule has 1 heterocycles. The van der Waals surface area contributed by atoms with Gasteiger partial charge in [0, 0.05) is 24.1 Å². The highest BCUT2D eigenvalue weighted by Crippen LogP contribution is 2.57. The molecule has 5 heteroatoms. The van der Waals surface area contributed by atoms with Gasteiger partial charge in [-0.25, -0.2) is 0 Å². The highest BCUT2D eigenvalue weighted by atomic mass is 16.5. The van der Waals surface area contributed by atoms with E-state index in [1.54, 1.807) is 13.2 Å². The molecular formula is C20H23NO4. The molecule has 2 aromatic rings. The number of ether oxygens (including phenoxy) is 2. The van der Waals surface area contributed by atoms with Gasteiger partial charge in [0.15, 0.2) is 23.0 Å². The standard InChI is InChI=1S/C20H23NO4/c1-10-12-8-14(22)15(24-3)9-13(12)18-17-11(5-6-21(2)19(10)17)7-16(25-4)20(18)23/h7-10,19,22-23H,5-6H2,1-4H3/t10-,19?/m0/s1. The number of phenolic OH excluding ortho intramolecular Hbond substituents is 2. The number of aromatic hydroxyl groups is 2. The highest BCUT2D eigenvalue weighted by Gasteiger charge is 2.40. The Morgan fingerprint density at radius 2 is 1.80 bits per heavy atom. The summed E-state index contributed by atoms with van der Waals surface area (Å²) in [5, 5.41) is 21.2. The number of likely N-dealkylation sites (N-methyl/N-ethyl adjacent to an activating group) is 1. The minimum atomic E-state index is 0.123. The maximum absolute atomic E-state index is 10.9. The Kier molecular flexibility index (Phi) is 3.58. The zero-order chi connectivity index (χ0) is 17.9. The molecule has 1 unspecified atom stereocenters. The van der Waals surface area contributed by atoms with Gasteiger partial charge < -0.3 is 19.7 Å². The van der Waals surface area contributed by atoms with Gasteiger partial charge in [0.05, 0.1) is 14.2 Å². The molecule has 2 atom stereocenters. The number of fused-ring (bicyclic) bond motifs is 2. The van der Waals surface area contributed by atoms with Gasteiger partial charge in [-0.2, -0.15) is 0 Å². The summed E-state index contributed by atoms with van der Waals surface area (Å²) in [6.07, 6.45) is 0.920. The number of methoxy groups -OCH3 is 2. The second kappa shape index (κ2) is 5.56. The molecular weight excluding hydrogens is 318 g/mol. The highest BCUT2D eigenvalue weighted by molar-refractivity contribution is 5.85. The van der Waals surface area contributed by atoms with Crippen molar-refractivity contribution in [3.63, 3.8) is 0 Å². The third kappa shape index (κ3) is 2.12. The van der Waals surface area contributed by atoms with Crippen LogP contribution in [0.25, 0.3) is 11.1 Å². The van der Waals surface area contributed by atoms with Crippen molar-refractivity contribution in [3.8, 4) is 34.1 Å². The van der Waals surface area contributed by atoms with Gasteiger partial charge >= 0.3 is 0 Å². The van der Waals surface area contributed by atoms with Crippen LogP contribution < -0.4 is 9.47 Å². The van der Waals surface area contributed by atoms with Crippen molar-refractivity contribution in [1.82, 2.24) is 4.90 Å². The zero-order valence-corrected chi connectivity index (χ0v) is 15.0. The third-order valence-corrected chi connectivity index (χ3v) is 5.70. The van der Waals surface area contributed by atoms with Crippen LogP contribution in [0.1, 0.15) is 35.6 Å². The number of hydrogen-bond donors (Lipinski definition) is 2. The van der Waals surface area contributed by atoms with E-state index in [1.807, 2.05) is 12.1 Å². The predicted octanol–water partition coefficient (Wildman–Crippen LogP) is 3.43. The van der Waals surface area contributed by atoms with Gasteiger partial charge in [0.25, 0.3) is 0 Å². The Morgan fingerprint density at radius 3 is 2.48 bits per heavy atom. The predicted molar refractivity (Wildman–Crippen MR) is 95.8 cm³/mol. The minimum Gasteiger partial charge on any atom is -0.504 e. The zero-order valence-electron chi connectivity index (χ0n) is 15.0. The first-order valence-corrected chi connectivity index (χ1v) is 8.52. The average molecular weight is 341 g/mol. The third-order valence-electron chi connectivity index (χ3n) is 5.70. The lowest BCUT2D eigenvalue weighted by Crippen LogP contribution is -2.37. The van der Waals surface area contributed by atoms with Gasteiger partial charge in [-0.05, 0) is 53.9 Å². The molecule has 4 rings (SSSR count). The Hall–Kier alpha value is -2.40. The molecule has 0 fully saturated rings. The molecule has 2 aliphatic rings. The van der Waals surface area contributed by atoms with Gasteiger partial charge in [-0.1, -0.05) is 6.92 Å². The number of nitrogens with zero attached hydrogens (tertiary/aromatic N) is 1. The Labute approximate surface area is 147 Å². The molecule has 25 heavy (non-hydrogen) atoms. The molecule has 0 bridgehead atoms. The van der Waals surface area contributed by atoms with Gasteiger partial charge in [-0.15, -0.1) is 0 Å². The van der Waals surface area contributed by atoms with Crippen LogP contribution in [0.15, 0.2) is 18.2 Å². The Morgan fingerprint density at radius 1 is 1.08 bits per heavy atom. The van der Waals surface area contributed by atoms with Gasteiger partial charge in [-0.3, -0.25) is 4.90 Å². The smallest absolute Gasteiger partial charge is 0.166 e. The molecule has 0 spiro atoms. The normalized spacial score (nSPS) is 21.4. The lowest BCUT2D eigenvalue weighted by Gasteiger charge is -2.44. The first kappa shape index (κ1) is 16.1. The lowest BCUT2D eigenvalue weighted by molar-refractivity contribution is 0.202. The van der Waals surface area contributed by atoms with Gasteiger partial charge in [0.1, 0.15) is 0 Å². The molecule has 0 radical (unpaired) electrons. The largest absolute Gasteiger partial charge is 0.504 e. The van der Waals surface area contributed by atoms with Crippen LogP contribution in [0.2, 0.25) is 0 Å². The summed E-state index contributed by atoms with van der Waals surface area (Å²) >= 11 is 0. The fourth-order valence-electron chi connectivity index (χ4n) is 4.49. The molecule has 0 saturated carbocycles. The molecule has 5 nitrogen and oxygen atoms in total. The topological polar surface area (TPSA) is 62.2 Å². The van der Waals surface area contributed by atoms with E-state index in [2.05, 4.69) is 18.9 Å². The molecule has 132 valence electrons. The fourth-order valence-corrected chi connectivity index (χ4v) is 4.49. The second-order valence-electron chi connectivity index (χ2n) is 6.95. The first-order valence-electron chi connectivity index (χ1n) is 8.52. The van der Waals surface area contributed by atoms with E-state index in [-0.39, 0.29) is 23.5 Å². The van der Waals surface area contributed by atoms with Crippen molar-refractivity contribution in [2.24, 2.45) is 0 Å². The van der Waals surface area contributed by atoms with E-state index in [4.69, 9.17) is 9.47 Å². The fraction of sp³-hybridized carbons (Fsp3) is 0.400. The van der Waals surface area contributed by atoms with E-state index < -0.39 is 0 Å². The molecule has 1 aliphatic carbocycles. The van der Waals surface area contributed by atoms with Crippen LogP contribution in [0, 0.1) is 0 Å². The molecule has 1 aliphatic heterocycles. The molecule has 2 N–H and O–H groups in total. The second-order valence-corrected chi connectivity index (χ2v) is 6.95.